The Kier molecular flexibility index (Phi) is 4.39. The SMILES string of the molecule is Cc1ccc(S(=O)(=O)N2CCN(c3c(F)cccc3F)CC2)s1. The van der Waals surface area contributed by atoms with E-state index in [0.717, 1.165) is 4.88 Å². The summed E-state index contributed by atoms with van der Waals surface area (Å²) in [7, 11) is -3.53. The highest BCUT2D eigenvalue weighted by Gasteiger charge is 2.31. The standard InChI is InChI=1S/C15H16F2N2O2S2/c1-11-5-6-14(22-11)23(20,21)19-9-7-18(8-10-19)15-12(16)3-2-4-13(15)17/h2-6H,7-10H2,1H3. The summed E-state index contributed by atoms with van der Waals surface area (Å²) < 4.78 is 54.4. The van der Waals surface area contributed by atoms with Gasteiger partial charge in [0.05, 0.1) is 0 Å². The lowest BCUT2D eigenvalue weighted by Crippen LogP contribution is -2.49. The van der Waals surface area contributed by atoms with Gasteiger partial charge in [-0.15, -0.1) is 11.3 Å². The zero-order valence-electron chi connectivity index (χ0n) is 12.5. The van der Waals surface area contributed by atoms with Gasteiger partial charge in [-0.2, -0.15) is 4.31 Å². The van der Waals surface area contributed by atoms with Gasteiger partial charge in [0.1, 0.15) is 21.5 Å². The molecule has 0 aliphatic carbocycles. The fraction of sp³-hybridized carbons (Fsp3) is 0.333. The van der Waals surface area contributed by atoms with Gasteiger partial charge >= 0.3 is 0 Å². The van der Waals surface area contributed by atoms with E-state index in [1.54, 1.807) is 17.0 Å². The lowest BCUT2D eigenvalue weighted by atomic mass is 10.2. The van der Waals surface area contributed by atoms with Crippen molar-refractivity contribution in [1.82, 2.24) is 4.31 Å². The van der Waals surface area contributed by atoms with Gasteiger partial charge in [0.25, 0.3) is 10.0 Å². The summed E-state index contributed by atoms with van der Waals surface area (Å²) in [6.07, 6.45) is 0. The van der Waals surface area contributed by atoms with Crippen LogP contribution in [0.1, 0.15) is 4.88 Å². The molecule has 1 aliphatic heterocycles. The minimum atomic E-state index is -3.53. The van der Waals surface area contributed by atoms with Gasteiger partial charge in [-0.05, 0) is 31.2 Å². The van der Waals surface area contributed by atoms with Crippen molar-refractivity contribution in [2.45, 2.75) is 11.1 Å². The van der Waals surface area contributed by atoms with Gasteiger partial charge in [0.2, 0.25) is 0 Å². The van der Waals surface area contributed by atoms with Crippen molar-refractivity contribution in [1.29, 1.82) is 0 Å². The maximum absolute atomic E-state index is 13.8. The fourth-order valence-corrected chi connectivity index (χ4v) is 5.48. The third kappa shape index (κ3) is 3.11. The van der Waals surface area contributed by atoms with E-state index < -0.39 is 21.7 Å². The number of para-hydroxylation sites is 1. The van der Waals surface area contributed by atoms with Crippen molar-refractivity contribution in [3.05, 3.63) is 46.8 Å². The molecule has 3 rings (SSSR count). The zero-order chi connectivity index (χ0) is 16.6. The first-order valence-electron chi connectivity index (χ1n) is 7.15. The molecule has 1 saturated heterocycles. The normalized spacial score (nSPS) is 16.7. The van der Waals surface area contributed by atoms with E-state index in [0.29, 0.717) is 4.21 Å². The molecule has 23 heavy (non-hydrogen) atoms. The molecular weight excluding hydrogens is 342 g/mol. The number of aryl methyl sites for hydroxylation is 1. The third-order valence-corrected chi connectivity index (χ3v) is 7.17. The Balaban J connectivity index is 1.76. The number of piperazine rings is 1. The van der Waals surface area contributed by atoms with Crippen molar-refractivity contribution in [2.24, 2.45) is 0 Å². The summed E-state index contributed by atoms with van der Waals surface area (Å²) in [4.78, 5) is 2.48. The molecule has 0 bridgehead atoms. The molecule has 0 saturated carbocycles. The third-order valence-electron chi connectivity index (χ3n) is 3.80. The van der Waals surface area contributed by atoms with Crippen LogP contribution >= 0.6 is 11.3 Å². The number of sulfonamides is 1. The maximum Gasteiger partial charge on any atom is 0.252 e. The van der Waals surface area contributed by atoms with E-state index in [1.165, 1.54) is 33.8 Å². The topological polar surface area (TPSA) is 40.6 Å². The number of halogens is 2. The van der Waals surface area contributed by atoms with E-state index in [4.69, 9.17) is 0 Å². The Labute approximate surface area is 138 Å². The van der Waals surface area contributed by atoms with Gasteiger partial charge in [0.15, 0.2) is 0 Å². The minimum absolute atomic E-state index is 0.0866. The predicted octanol–water partition coefficient (Wildman–Crippen LogP) is 2.85. The van der Waals surface area contributed by atoms with Gasteiger partial charge in [-0.25, -0.2) is 17.2 Å². The molecule has 0 unspecified atom stereocenters. The van der Waals surface area contributed by atoms with Crippen LogP contribution in [-0.4, -0.2) is 38.9 Å². The zero-order valence-corrected chi connectivity index (χ0v) is 14.1. The molecule has 1 fully saturated rings. The molecule has 0 atom stereocenters. The summed E-state index contributed by atoms with van der Waals surface area (Å²) in [5, 5.41) is 0. The molecule has 0 spiro atoms. The number of thiophene rings is 1. The Morgan fingerprint density at radius 1 is 1.00 bits per heavy atom. The van der Waals surface area contributed by atoms with Crippen LogP contribution in [0.2, 0.25) is 0 Å². The van der Waals surface area contributed by atoms with Gasteiger partial charge < -0.3 is 4.90 Å². The summed E-state index contributed by atoms with van der Waals surface area (Å²) in [5.74, 6) is -1.26. The van der Waals surface area contributed by atoms with Crippen LogP contribution < -0.4 is 4.90 Å². The molecule has 124 valence electrons. The molecule has 1 aliphatic rings. The van der Waals surface area contributed by atoms with Crippen molar-refractivity contribution in [3.8, 4) is 0 Å². The summed E-state index contributed by atoms with van der Waals surface area (Å²) in [6, 6.07) is 7.08. The lowest BCUT2D eigenvalue weighted by Gasteiger charge is -2.35. The van der Waals surface area contributed by atoms with Crippen LogP contribution in [0.4, 0.5) is 14.5 Å². The van der Waals surface area contributed by atoms with Gasteiger partial charge in [0, 0.05) is 31.1 Å². The highest BCUT2D eigenvalue weighted by molar-refractivity contribution is 7.91. The number of anilines is 1. The lowest BCUT2D eigenvalue weighted by molar-refractivity contribution is 0.382. The number of hydrogen-bond donors (Lipinski definition) is 0. The molecule has 2 heterocycles. The Morgan fingerprint density at radius 3 is 2.13 bits per heavy atom. The second-order valence-corrected chi connectivity index (χ2v) is 8.78. The molecule has 0 N–H and O–H groups in total. The smallest absolute Gasteiger partial charge is 0.252 e. The van der Waals surface area contributed by atoms with E-state index in [1.807, 2.05) is 6.92 Å². The monoisotopic (exact) mass is 358 g/mol. The Morgan fingerprint density at radius 2 is 1.61 bits per heavy atom. The molecular formula is C15H16F2N2O2S2. The van der Waals surface area contributed by atoms with Crippen molar-refractivity contribution < 1.29 is 17.2 Å². The van der Waals surface area contributed by atoms with Crippen molar-refractivity contribution in [2.75, 3.05) is 31.1 Å². The van der Waals surface area contributed by atoms with Gasteiger partial charge in [-0.3, -0.25) is 0 Å². The number of nitrogens with zero attached hydrogens (tertiary/aromatic N) is 2. The largest absolute Gasteiger partial charge is 0.364 e. The first-order valence-corrected chi connectivity index (χ1v) is 9.41. The van der Waals surface area contributed by atoms with Crippen LogP contribution in [0.5, 0.6) is 0 Å². The molecule has 0 radical (unpaired) electrons. The van der Waals surface area contributed by atoms with E-state index in [2.05, 4.69) is 0 Å². The van der Waals surface area contributed by atoms with Crippen molar-refractivity contribution in [3.63, 3.8) is 0 Å². The van der Waals surface area contributed by atoms with Gasteiger partial charge in [-0.1, -0.05) is 6.07 Å². The Bertz CT molecular complexity index is 792. The van der Waals surface area contributed by atoms with Crippen LogP contribution in [0.15, 0.2) is 34.5 Å². The molecule has 2 aromatic rings. The van der Waals surface area contributed by atoms with Crippen molar-refractivity contribution >= 4 is 27.0 Å². The summed E-state index contributed by atoms with van der Waals surface area (Å²) in [5.41, 5.74) is -0.0866. The highest BCUT2D eigenvalue weighted by atomic mass is 32.2. The number of rotatable bonds is 3. The van der Waals surface area contributed by atoms with E-state index in [-0.39, 0.29) is 31.9 Å². The first kappa shape index (κ1) is 16.4. The molecule has 4 nitrogen and oxygen atoms in total. The average Bonchev–Trinajstić information content (AvgIpc) is 2.95. The molecule has 1 aromatic carbocycles. The quantitative estimate of drug-likeness (QED) is 0.847. The molecule has 0 amide bonds. The number of hydrogen-bond acceptors (Lipinski definition) is 4. The summed E-state index contributed by atoms with van der Waals surface area (Å²) >= 11 is 1.23. The van der Waals surface area contributed by atoms with Crippen LogP contribution in [0.25, 0.3) is 0 Å². The number of benzene rings is 1. The second-order valence-electron chi connectivity index (χ2n) is 5.33. The van der Waals surface area contributed by atoms with E-state index >= 15 is 0 Å². The second kappa shape index (κ2) is 6.18. The van der Waals surface area contributed by atoms with Crippen LogP contribution in [0.3, 0.4) is 0 Å². The average molecular weight is 358 g/mol. The first-order chi connectivity index (χ1) is 10.9. The minimum Gasteiger partial charge on any atom is -0.364 e. The summed E-state index contributed by atoms with van der Waals surface area (Å²) in [6.45, 7) is 2.76. The molecule has 8 heteroatoms. The van der Waals surface area contributed by atoms with Crippen LogP contribution in [-0.2, 0) is 10.0 Å². The maximum atomic E-state index is 13.8. The Hall–Kier alpha value is -1.51. The highest BCUT2D eigenvalue weighted by Crippen LogP contribution is 2.28. The van der Waals surface area contributed by atoms with E-state index in [9.17, 15) is 17.2 Å². The molecule has 1 aromatic heterocycles. The predicted molar refractivity (Wildman–Crippen MR) is 86.4 cm³/mol. The fourth-order valence-electron chi connectivity index (χ4n) is 2.62. The van der Waals surface area contributed by atoms with Crippen LogP contribution in [0, 0.1) is 18.6 Å².